The second-order valence-corrected chi connectivity index (χ2v) is 6.41. The summed E-state index contributed by atoms with van der Waals surface area (Å²) in [6.07, 6.45) is 0.690. The molecule has 0 radical (unpaired) electrons. The first-order chi connectivity index (χ1) is 8.98. The molecule has 7 heteroatoms. The number of benzene rings is 1. The van der Waals surface area contributed by atoms with Gasteiger partial charge in [0.1, 0.15) is 0 Å². The van der Waals surface area contributed by atoms with E-state index in [4.69, 9.17) is 23.2 Å². The summed E-state index contributed by atoms with van der Waals surface area (Å²) in [7, 11) is 0. The number of rotatable bonds is 3. The van der Waals surface area contributed by atoms with Crippen LogP contribution in [-0.4, -0.2) is 34.8 Å². The average molecular weight is 321 g/mol. The van der Waals surface area contributed by atoms with E-state index in [1.165, 1.54) is 0 Å². The summed E-state index contributed by atoms with van der Waals surface area (Å²) < 4.78 is 0. The van der Waals surface area contributed by atoms with E-state index in [1.807, 2.05) is 0 Å². The number of nitrogens with one attached hydrogen (secondary N) is 2. The fourth-order valence-corrected chi connectivity index (χ4v) is 3.37. The van der Waals surface area contributed by atoms with E-state index in [9.17, 15) is 9.90 Å². The van der Waals surface area contributed by atoms with Crippen molar-refractivity contribution in [3.8, 4) is 0 Å². The average Bonchev–Trinajstić information content (AvgIpc) is 2.79. The lowest BCUT2D eigenvalue weighted by molar-refractivity contribution is 0.0706. The molecule has 0 aliphatic carbocycles. The van der Waals surface area contributed by atoms with Crippen LogP contribution >= 0.6 is 35.0 Å². The van der Waals surface area contributed by atoms with Crippen LogP contribution in [0.25, 0.3) is 0 Å². The second-order valence-electron chi connectivity index (χ2n) is 4.46. The number of aliphatic hydroxyl groups is 1. The summed E-state index contributed by atoms with van der Waals surface area (Å²) in [4.78, 5) is 11.7. The predicted molar refractivity (Wildman–Crippen MR) is 80.4 cm³/mol. The maximum absolute atomic E-state index is 11.7. The first-order valence-corrected chi connectivity index (χ1v) is 7.70. The number of hydrogen-bond donors (Lipinski definition) is 3. The maximum atomic E-state index is 11.7. The van der Waals surface area contributed by atoms with Gasteiger partial charge in [0.15, 0.2) is 0 Å². The molecule has 104 valence electrons. The third-order valence-corrected chi connectivity index (χ3v) is 4.64. The number of urea groups is 1. The molecule has 0 saturated carbocycles. The van der Waals surface area contributed by atoms with Crippen molar-refractivity contribution in [2.45, 2.75) is 12.0 Å². The van der Waals surface area contributed by atoms with Gasteiger partial charge in [0.2, 0.25) is 0 Å². The molecule has 1 aromatic carbocycles. The fraction of sp³-hybridized carbons (Fsp3) is 0.417. The number of carbonyl (C=O) groups excluding carboxylic acids is 1. The van der Waals surface area contributed by atoms with Crippen molar-refractivity contribution in [3.05, 3.63) is 28.2 Å². The van der Waals surface area contributed by atoms with Gasteiger partial charge in [-0.2, -0.15) is 11.8 Å². The molecule has 1 atom stereocenters. The van der Waals surface area contributed by atoms with E-state index < -0.39 is 11.6 Å². The number of hydrogen-bond acceptors (Lipinski definition) is 3. The third kappa shape index (κ3) is 4.18. The molecule has 1 aliphatic heterocycles. The van der Waals surface area contributed by atoms with Crippen LogP contribution < -0.4 is 10.6 Å². The first kappa shape index (κ1) is 14.8. The molecule has 3 N–H and O–H groups in total. The van der Waals surface area contributed by atoms with Gasteiger partial charge in [-0.25, -0.2) is 4.79 Å². The Bertz CT molecular complexity index is 479. The van der Waals surface area contributed by atoms with E-state index >= 15 is 0 Å². The molecule has 1 fully saturated rings. The number of anilines is 1. The van der Waals surface area contributed by atoms with E-state index in [1.54, 1.807) is 30.0 Å². The van der Waals surface area contributed by atoms with Gasteiger partial charge in [0.25, 0.3) is 0 Å². The lowest BCUT2D eigenvalue weighted by Crippen LogP contribution is -2.44. The van der Waals surface area contributed by atoms with Gasteiger partial charge in [-0.05, 0) is 30.4 Å². The Morgan fingerprint density at radius 2 is 2.26 bits per heavy atom. The molecule has 1 saturated heterocycles. The Labute approximate surface area is 125 Å². The lowest BCUT2D eigenvalue weighted by atomic mass is 10.0. The summed E-state index contributed by atoms with van der Waals surface area (Å²) in [5, 5.41) is 16.3. The number of thioether (sulfide) groups is 1. The first-order valence-electron chi connectivity index (χ1n) is 5.79. The summed E-state index contributed by atoms with van der Waals surface area (Å²) in [5.41, 5.74) is -0.361. The Balaban J connectivity index is 1.89. The van der Waals surface area contributed by atoms with E-state index in [-0.39, 0.29) is 6.54 Å². The van der Waals surface area contributed by atoms with Gasteiger partial charge in [0.05, 0.1) is 16.3 Å². The number of carbonyl (C=O) groups is 1. The van der Waals surface area contributed by atoms with Crippen LogP contribution in [-0.2, 0) is 0 Å². The van der Waals surface area contributed by atoms with Crippen LogP contribution in [0.3, 0.4) is 0 Å². The quantitative estimate of drug-likeness (QED) is 0.802. The van der Waals surface area contributed by atoms with Gasteiger partial charge < -0.3 is 15.7 Å². The zero-order valence-electron chi connectivity index (χ0n) is 10.1. The zero-order chi connectivity index (χ0) is 13.9. The van der Waals surface area contributed by atoms with Gasteiger partial charge in [-0.3, -0.25) is 0 Å². The molecule has 19 heavy (non-hydrogen) atoms. The van der Waals surface area contributed by atoms with Gasteiger partial charge in [-0.15, -0.1) is 0 Å². The second kappa shape index (κ2) is 6.22. The molecule has 2 amide bonds. The Morgan fingerprint density at radius 1 is 1.47 bits per heavy atom. The van der Waals surface area contributed by atoms with Gasteiger partial charge in [0, 0.05) is 17.3 Å². The molecule has 1 aromatic rings. The van der Waals surface area contributed by atoms with Crippen molar-refractivity contribution in [3.63, 3.8) is 0 Å². The highest BCUT2D eigenvalue weighted by Gasteiger charge is 2.31. The van der Waals surface area contributed by atoms with Crippen molar-refractivity contribution in [2.75, 3.05) is 23.4 Å². The Morgan fingerprint density at radius 3 is 2.95 bits per heavy atom. The van der Waals surface area contributed by atoms with E-state index in [0.717, 1.165) is 5.75 Å². The predicted octanol–water partition coefficient (Wildman–Crippen LogP) is 2.98. The van der Waals surface area contributed by atoms with Crippen LogP contribution in [0.15, 0.2) is 18.2 Å². The molecule has 1 heterocycles. The normalized spacial score (nSPS) is 22.3. The maximum Gasteiger partial charge on any atom is 0.319 e. The highest BCUT2D eigenvalue weighted by molar-refractivity contribution is 7.99. The van der Waals surface area contributed by atoms with Crippen molar-refractivity contribution in [2.24, 2.45) is 0 Å². The zero-order valence-corrected chi connectivity index (χ0v) is 12.4. The molecule has 0 bridgehead atoms. The van der Waals surface area contributed by atoms with Crippen LogP contribution in [0, 0.1) is 0 Å². The minimum atomic E-state index is -0.805. The van der Waals surface area contributed by atoms with Crippen molar-refractivity contribution >= 4 is 46.7 Å². The highest BCUT2D eigenvalue weighted by atomic mass is 35.5. The van der Waals surface area contributed by atoms with Crippen LogP contribution in [0.1, 0.15) is 6.42 Å². The molecule has 1 aliphatic rings. The molecular formula is C12H14Cl2N2O2S. The molecule has 0 aromatic heterocycles. The van der Waals surface area contributed by atoms with Crippen molar-refractivity contribution in [1.29, 1.82) is 0 Å². The smallest absolute Gasteiger partial charge is 0.319 e. The fourth-order valence-electron chi connectivity index (χ4n) is 1.74. The van der Waals surface area contributed by atoms with E-state index in [2.05, 4.69) is 10.6 Å². The standard InChI is InChI=1S/C12H14Cl2N2O2S/c13-8-1-2-9(14)10(5-8)16-11(17)15-6-12(18)3-4-19-7-12/h1-2,5,18H,3-4,6-7H2,(H2,15,16,17)/t12-/m1/s1. The Kier molecular flexibility index (Phi) is 4.84. The minimum absolute atomic E-state index is 0.226. The topological polar surface area (TPSA) is 61.4 Å². The van der Waals surface area contributed by atoms with Gasteiger partial charge in [-0.1, -0.05) is 23.2 Å². The molecule has 4 nitrogen and oxygen atoms in total. The van der Waals surface area contributed by atoms with Crippen LogP contribution in [0.5, 0.6) is 0 Å². The summed E-state index contributed by atoms with van der Waals surface area (Å²) in [5.74, 6) is 1.56. The molecule has 0 spiro atoms. The van der Waals surface area contributed by atoms with Crippen LogP contribution in [0.2, 0.25) is 10.0 Å². The van der Waals surface area contributed by atoms with Crippen molar-refractivity contribution in [1.82, 2.24) is 5.32 Å². The molecule has 2 rings (SSSR count). The minimum Gasteiger partial charge on any atom is -0.387 e. The third-order valence-electron chi connectivity index (χ3n) is 2.84. The monoisotopic (exact) mass is 320 g/mol. The molecule has 0 unspecified atom stereocenters. The Hall–Kier alpha value is -0.620. The largest absolute Gasteiger partial charge is 0.387 e. The van der Waals surface area contributed by atoms with Crippen LogP contribution in [0.4, 0.5) is 10.5 Å². The van der Waals surface area contributed by atoms with Gasteiger partial charge >= 0.3 is 6.03 Å². The highest BCUT2D eigenvalue weighted by Crippen LogP contribution is 2.27. The molecular weight excluding hydrogens is 307 g/mol. The van der Waals surface area contributed by atoms with Crippen molar-refractivity contribution < 1.29 is 9.90 Å². The number of amides is 2. The number of halogens is 2. The lowest BCUT2D eigenvalue weighted by Gasteiger charge is -2.21. The summed E-state index contributed by atoms with van der Waals surface area (Å²) >= 11 is 13.5. The summed E-state index contributed by atoms with van der Waals surface area (Å²) in [6, 6.07) is 4.42. The SMILES string of the molecule is O=C(NC[C@]1(O)CCSC1)Nc1cc(Cl)ccc1Cl. The van der Waals surface area contributed by atoms with E-state index in [0.29, 0.717) is 27.9 Å². The summed E-state index contributed by atoms with van der Waals surface area (Å²) in [6.45, 7) is 0.226.